The maximum atomic E-state index is 2.55. The summed E-state index contributed by atoms with van der Waals surface area (Å²) in [6.07, 6.45) is 0. The minimum absolute atomic E-state index is 0.224. The van der Waals surface area contributed by atoms with Gasteiger partial charge in [0.1, 0.15) is 0 Å². The minimum atomic E-state index is -0.224. The molecule has 0 aromatic heterocycles. The second-order valence-corrected chi connectivity index (χ2v) is 16.3. The van der Waals surface area contributed by atoms with Gasteiger partial charge in [0.2, 0.25) is 0 Å². The highest BCUT2D eigenvalue weighted by Gasteiger charge is 2.39. The van der Waals surface area contributed by atoms with Gasteiger partial charge in [-0.2, -0.15) is 0 Å². The molecule has 0 fully saturated rings. The molecule has 3 aliphatic rings. The molecule has 0 amide bonds. The molecule has 3 aliphatic carbocycles. The first-order valence-corrected chi connectivity index (χ1v) is 19.5. The topological polar surface area (TPSA) is 0 Å². The molecule has 13 rings (SSSR count). The second kappa shape index (κ2) is 10.3. The van der Waals surface area contributed by atoms with Gasteiger partial charge >= 0.3 is 0 Å². The molecule has 10 aromatic rings. The van der Waals surface area contributed by atoms with Crippen LogP contribution < -0.4 is 0 Å². The Morgan fingerprint density at radius 2 is 0.564 bits per heavy atom. The van der Waals surface area contributed by atoms with Crippen LogP contribution in [0.15, 0.2) is 170 Å². The fourth-order valence-electron chi connectivity index (χ4n) is 11.0. The van der Waals surface area contributed by atoms with Gasteiger partial charge in [0.15, 0.2) is 0 Å². The summed E-state index contributed by atoms with van der Waals surface area (Å²) in [7, 11) is 0. The van der Waals surface area contributed by atoms with Gasteiger partial charge in [-0.15, -0.1) is 0 Å². The van der Waals surface area contributed by atoms with Crippen molar-refractivity contribution in [2.75, 3.05) is 0 Å². The number of rotatable bonds is 2. The predicted octanol–water partition coefficient (Wildman–Crippen LogP) is 15.2. The average molecular weight is 695 g/mol. The fourth-order valence-corrected chi connectivity index (χ4v) is 11.0. The highest BCUT2D eigenvalue weighted by atomic mass is 14.4. The van der Waals surface area contributed by atoms with Crippen molar-refractivity contribution in [3.05, 3.63) is 181 Å². The van der Waals surface area contributed by atoms with Crippen LogP contribution in [-0.4, -0.2) is 0 Å². The zero-order valence-electron chi connectivity index (χ0n) is 30.7. The van der Waals surface area contributed by atoms with Crippen molar-refractivity contribution in [2.45, 2.75) is 19.3 Å². The lowest BCUT2D eigenvalue weighted by Crippen LogP contribution is -2.15. The van der Waals surface area contributed by atoms with Gasteiger partial charge in [-0.25, -0.2) is 0 Å². The van der Waals surface area contributed by atoms with Crippen LogP contribution in [0.5, 0.6) is 0 Å². The lowest BCUT2D eigenvalue weighted by molar-refractivity contribution is 0.661. The van der Waals surface area contributed by atoms with Crippen LogP contribution >= 0.6 is 0 Å². The molecule has 10 aromatic carbocycles. The summed E-state index contributed by atoms with van der Waals surface area (Å²) in [5.41, 5.74) is 21.3. The maximum Gasteiger partial charge on any atom is 0.0159 e. The van der Waals surface area contributed by atoms with Crippen molar-refractivity contribution in [2.24, 2.45) is 0 Å². The Bertz CT molecular complexity index is 3110. The number of hydrogen-bond acceptors (Lipinski definition) is 0. The van der Waals surface area contributed by atoms with E-state index in [2.05, 4.69) is 184 Å². The van der Waals surface area contributed by atoms with Gasteiger partial charge < -0.3 is 0 Å². The molecule has 254 valence electrons. The van der Waals surface area contributed by atoms with Crippen LogP contribution in [0, 0.1) is 0 Å². The normalized spacial score (nSPS) is 13.8. The van der Waals surface area contributed by atoms with E-state index < -0.39 is 0 Å². The number of benzene rings is 10. The summed E-state index contributed by atoms with van der Waals surface area (Å²) in [5, 5.41) is 10.7. The quantitative estimate of drug-likeness (QED) is 0.169. The van der Waals surface area contributed by atoms with Gasteiger partial charge in [-0.05, 0) is 144 Å². The molecule has 0 saturated heterocycles. The van der Waals surface area contributed by atoms with Gasteiger partial charge in [0.05, 0.1) is 0 Å². The maximum absolute atomic E-state index is 2.55. The van der Waals surface area contributed by atoms with Crippen molar-refractivity contribution >= 4 is 43.1 Å². The first-order chi connectivity index (χ1) is 27.1. The molecule has 0 heteroatoms. The average Bonchev–Trinajstić information content (AvgIpc) is 3.82. The third kappa shape index (κ3) is 3.63. The van der Waals surface area contributed by atoms with Crippen molar-refractivity contribution in [1.29, 1.82) is 0 Å². The van der Waals surface area contributed by atoms with Gasteiger partial charge in [0.25, 0.3) is 0 Å². The van der Waals surface area contributed by atoms with Gasteiger partial charge in [0, 0.05) is 5.41 Å². The van der Waals surface area contributed by atoms with Gasteiger partial charge in [-0.1, -0.05) is 172 Å². The SMILES string of the molecule is CC1(C)c2cc(-c3ccc4c5c(cccc35)-c3ccccc3-4)c3ccccc3c2-c2c1cc(-c1ccc3c4c(cccc14)-c1ccccc1-3)c1ccccc21. The molecule has 0 saturated carbocycles. The van der Waals surface area contributed by atoms with E-state index in [1.807, 2.05) is 0 Å². The summed E-state index contributed by atoms with van der Waals surface area (Å²) >= 11 is 0. The van der Waals surface area contributed by atoms with Crippen molar-refractivity contribution in [1.82, 2.24) is 0 Å². The van der Waals surface area contributed by atoms with E-state index in [4.69, 9.17) is 0 Å². The Labute approximate surface area is 320 Å². The Kier molecular flexibility index (Phi) is 5.53. The number of fused-ring (bicyclic) bond motifs is 13. The van der Waals surface area contributed by atoms with E-state index in [0.29, 0.717) is 0 Å². The Hall–Kier alpha value is -6.76. The van der Waals surface area contributed by atoms with Crippen molar-refractivity contribution in [3.63, 3.8) is 0 Å². The van der Waals surface area contributed by atoms with Crippen LogP contribution in [0.3, 0.4) is 0 Å². The van der Waals surface area contributed by atoms with Crippen LogP contribution in [0.1, 0.15) is 25.0 Å². The van der Waals surface area contributed by atoms with E-state index in [1.165, 1.54) is 132 Å². The summed E-state index contributed by atoms with van der Waals surface area (Å²) in [4.78, 5) is 0. The summed E-state index contributed by atoms with van der Waals surface area (Å²) in [6.45, 7) is 4.89. The van der Waals surface area contributed by atoms with Crippen LogP contribution in [0.25, 0.3) is 121 Å². The lowest BCUT2D eigenvalue weighted by Gasteiger charge is -2.24. The molecule has 0 aliphatic heterocycles. The smallest absolute Gasteiger partial charge is 0.0159 e. The molecule has 55 heavy (non-hydrogen) atoms. The Morgan fingerprint density at radius 1 is 0.255 bits per heavy atom. The molecule has 0 atom stereocenters. The third-order valence-electron chi connectivity index (χ3n) is 13.4. The van der Waals surface area contributed by atoms with Crippen molar-refractivity contribution < 1.29 is 0 Å². The highest BCUT2D eigenvalue weighted by molar-refractivity contribution is 6.24. The van der Waals surface area contributed by atoms with Crippen molar-refractivity contribution in [3.8, 4) is 77.9 Å². The standard InChI is InChI=1S/C55H34/c1-55(2)49-29-47(37-25-27-45-33-15-5-3-13-31(33)39-21-11-23-41(37)51(39)45)35-17-7-9-19-43(35)53(49)54-44-20-10-8-18-36(44)48(30-50(54)55)38-26-28-46-34-16-6-4-14-32(34)40-22-12-24-42(38)52(40)46/h3-30H,1-2H3. The van der Waals surface area contributed by atoms with Crippen LogP contribution in [0.4, 0.5) is 0 Å². The van der Waals surface area contributed by atoms with Gasteiger partial charge in [-0.3, -0.25) is 0 Å². The first kappa shape index (κ1) is 29.7. The largest absolute Gasteiger partial charge is 0.0616 e. The minimum Gasteiger partial charge on any atom is -0.0616 e. The summed E-state index contributed by atoms with van der Waals surface area (Å²) in [6, 6.07) is 64.4. The second-order valence-electron chi connectivity index (χ2n) is 16.3. The molecule has 0 N–H and O–H groups in total. The molecular weight excluding hydrogens is 661 g/mol. The zero-order valence-corrected chi connectivity index (χ0v) is 30.7. The van der Waals surface area contributed by atoms with Crippen LogP contribution in [-0.2, 0) is 5.41 Å². The molecule has 0 unspecified atom stereocenters. The molecule has 0 heterocycles. The number of hydrogen-bond donors (Lipinski definition) is 0. The Balaban J connectivity index is 1.08. The monoisotopic (exact) mass is 694 g/mol. The lowest BCUT2D eigenvalue weighted by atomic mass is 9.79. The molecule has 0 radical (unpaired) electrons. The summed E-state index contributed by atoms with van der Waals surface area (Å²) < 4.78 is 0. The third-order valence-corrected chi connectivity index (χ3v) is 13.4. The van der Waals surface area contributed by atoms with E-state index in [9.17, 15) is 0 Å². The summed E-state index contributed by atoms with van der Waals surface area (Å²) in [5.74, 6) is 0. The molecule has 0 nitrogen and oxygen atoms in total. The highest BCUT2D eigenvalue weighted by Crippen LogP contribution is 2.58. The van der Waals surface area contributed by atoms with E-state index in [-0.39, 0.29) is 5.41 Å². The van der Waals surface area contributed by atoms with E-state index in [0.717, 1.165) is 0 Å². The fraction of sp³-hybridized carbons (Fsp3) is 0.0545. The van der Waals surface area contributed by atoms with E-state index in [1.54, 1.807) is 0 Å². The Morgan fingerprint density at radius 3 is 0.982 bits per heavy atom. The predicted molar refractivity (Wildman–Crippen MR) is 234 cm³/mol. The molecule has 0 spiro atoms. The zero-order chi connectivity index (χ0) is 36.2. The molecular formula is C55H34. The van der Waals surface area contributed by atoms with Crippen LogP contribution in [0.2, 0.25) is 0 Å². The van der Waals surface area contributed by atoms with E-state index >= 15 is 0 Å². The molecule has 0 bridgehead atoms. The first-order valence-electron chi connectivity index (χ1n) is 19.5.